The molecule has 0 saturated carbocycles. The van der Waals surface area contributed by atoms with E-state index in [9.17, 15) is 0 Å². The lowest BCUT2D eigenvalue weighted by molar-refractivity contribution is -0.634. The summed E-state index contributed by atoms with van der Waals surface area (Å²) in [6, 6.07) is 86.5. The third-order valence-electron chi connectivity index (χ3n) is 24.5. The predicted octanol–water partition coefficient (Wildman–Crippen LogP) is 26.6. The van der Waals surface area contributed by atoms with Gasteiger partial charge in [0.1, 0.15) is 22.2 Å². The van der Waals surface area contributed by atoms with Crippen molar-refractivity contribution in [3.05, 3.63) is 292 Å². The van der Waals surface area contributed by atoms with E-state index in [4.69, 9.17) is 0 Å². The smallest absolute Gasteiger partial charge is 0.226 e. The third-order valence-corrected chi connectivity index (χ3v) is 24.5. The quantitative estimate of drug-likeness (QED) is 0.129. The van der Waals surface area contributed by atoms with Crippen molar-refractivity contribution in [3.8, 4) is 68.1 Å². The molecule has 0 N–H and O–H groups in total. The van der Waals surface area contributed by atoms with E-state index in [1.807, 2.05) is 0 Å². The number of imidazole rings is 5. The van der Waals surface area contributed by atoms with Crippen LogP contribution < -0.4 is 22.8 Å². The van der Waals surface area contributed by atoms with Gasteiger partial charge >= 0.3 is 0 Å². The van der Waals surface area contributed by atoms with Crippen molar-refractivity contribution < 1.29 is 22.8 Å². The highest BCUT2D eigenvalue weighted by Crippen LogP contribution is 2.40. The molecule has 122 heavy (non-hydrogen) atoms. The van der Waals surface area contributed by atoms with Gasteiger partial charge in [0.15, 0.2) is 55.2 Å². The molecule has 0 amide bonds. The van der Waals surface area contributed by atoms with E-state index in [0.29, 0.717) is 17.9 Å². The summed E-state index contributed by atoms with van der Waals surface area (Å²) < 4.78 is 24.0. The molecule has 634 valence electrons. The van der Waals surface area contributed by atoms with E-state index >= 15 is 0 Å². The molecular weight excluding hydrogens is 1490 g/mol. The van der Waals surface area contributed by atoms with Crippen molar-refractivity contribution in [3.63, 3.8) is 0 Å². The molecule has 16 rings (SSSR count). The van der Waals surface area contributed by atoms with Crippen LogP contribution in [0.3, 0.4) is 0 Å². The van der Waals surface area contributed by atoms with Crippen LogP contribution in [0.2, 0.25) is 0 Å². The Kier molecular flexibility index (Phi) is 25.8. The fraction of sp³-hybridized carbons (Fsp3) is 0.366. The van der Waals surface area contributed by atoms with Crippen LogP contribution in [0.1, 0.15) is 219 Å². The Morgan fingerprint density at radius 3 is 0.951 bits per heavy atom. The second kappa shape index (κ2) is 34.9. The molecular formula is C112H141N10+5. The average molecular weight is 1630 g/mol. The highest BCUT2D eigenvalue weighted by Gasteiger charge is 2.39. The molecule has 10 nitrogen and oxygen atoms in total. The summed E-state index contributed by atoms with van der Waals surface area (Å²) in [5.41, 5.74) is 35.5. The molecule has 5 aromatic heterocycles. The normalized spacial score (nSPS) is 12.2. The molecule has 5 heterocycles. The zero-order valence-corrected chi connectivity index (χ0v) is 80.2. The number of aromatic nitrogens is 10. The maximum absolute atomic E-state index is 2.48. The second-order valence-electron chi connectivity index (χ2n) is 40.2. The van der Waals surface area contributed by atoms with Gasteiger partial charge in [0, 0.05) is 0 Å². The fourth-order valence-electron chi connectivity index (χ4n) is 18.3. The Balaban J connectivity index is 0.000000140. The lowest BCUT2D eigenvalue weighted by atomic mass is 9.85. The number of rotatable bonds is 9. The van der Waals surface area contributed by atoms with Gasteiger partial charge in [-0.2, -0.15) is 0 Å². The van der Waals surface area contributed by atoms with Gasteiger partial charge in [0.25, 0.3) is 29.1 Å². The molecule has 11 aromatic carbocycles. The Hall–Kier alpha value is -11.2. The molecule has 0 fully saturated rings. The van der Waals surface area contributed by atoms with Crippen LogP contribution in [-0.2, 0) is 62.8 Å². The highest BCUT2D eigenvalue weighted by molar-refractivity contribution is 5.83. The summed E-state index contributed by atoms with van der Waals surface area (Å²) >= 11 is 0. The van der Waals surface area contributed by atoms with Crippen molar-refractivity contribution in [2.75, 3.05) is 0 Å². The zero-order valence-electron chi connectivity index (χ0n) is 80.2. The van der Waals surface area contributed by atoms with Crippen LogP contribution in [0.4, 0.5) is 0 Å². The van der Waals surface area contributed by atoms with Gasteiger partial charge in [-0.15, -0.1) is 0 Å². The molecule has 0 atom stereocenters. The van der Waals surface area contributed by atoms with Gasteiger partial charge in [-0.1, -0.05) is 200 Å². The minimum Gasteiger partial charge on any atom is -0.226 e. The van der Waals surface area contributed by atoms with Crippen LogP contribution in [0.15, 0.2) is 237 Å². The second-order valence-corrected chi connectivity index (χ2v) is 40.2. The SMILES string of the molecule is Cc1cc(C(C)C)c(C)cc1-c1n(C(C)C)c2ccccc2[n+]1C.Cc1ccc(-c2ccccc2)cc1-c1n(C(C)(C)C)c2ccccc2[n+]1C.Cc1ccc(C(C)(C)C)cc1-c1n(C(C)(C)C)c2ccccc2[n+]1C.Cc1ccc(C(C)C)cc1-c1n(C(C)(C)C)c2ccccc2[n+]1C.Cc1ccc(C)c(-c2n(C(C)(C)C)c3ccccc3[n+]2C)c1. The molecule has 0 aliphatic rings. The molecule has 10 heteroatoms. The van der Waals surface area contributed by atoms with Crippen molar-refractivity contribution in [2.45, 2.75) is 239 Å². The van der Waals surface area contributed by atoms with E-state index in [0.717, 1.165) is 0 Å². The Labute approximate surface area is 731 Å². The molecule has 0 saturated heterocycles. The van der Waals surface area contributed by atoms with Gasteiger partial charge in [-0.3, -0.25) is 0 Å². The van der Waals surface area contributed by atoms with Gasteiger partial charge in [-0.05, 0) is 315 Å². The van der Waals surface area contributed by atoms with Gasteiger partial charge in [0.05, 0.1) is 69.1 Å². The standard InChI is InChI=1S/C25H27N2.C23H31N2.2C22H29N2.C20H25N2/c1-18-15-16-20(19-11-7-6-8-12-19)17-21(18)24-26(5)22-13-9-10-14-23(22)27(24)25(2,3)4;1-16-13-14-17(22(2,3)4)15-18(16)21-24(8)19-11-9-10-12-20(19)25(21)23(5,6)7;1-14(2)18-12-17(6)19(13-16(18)5)22-23(7)20-10-8-9-11-21(20)24(22)15(3)4;1-15(2)17-13-12-16(3)18(14-17)21-23(7)19-10-8-9-11-20(19)24(21)22(4,5)6;1-14-11-12-15(2)16(13-14)19-21(6)17-9-7-8-10-18(17)22(19)20(3,4)5/h6-17H,1-5H3;9-15H,1-8H3;2*8-15H,1-7H3;7-13H,1-6H3/q5*+1. The Morgan fingerprint density at radius 1 is 0.254 bits per heavy atom. The Bertz CT molecular complexity index is 6510. The molecule has 0 spiro atoms. The maximum Gasteiger partial charge on any atom is 0.290 e. The topological polar surface area (TPSA) is 44.0 Å². The summed E-state index contributed by atoms with van der Waals surface area (Å²) in [5.74, 6) is 7.46. The van der Waals surface area contributed by atoms with Crippen LogP contribution in [0.25, 0.3) is 123 Å². The van der Waals surface area contributed by atoms with Gasteiger partial charge < -0.3 is 0 Å². The van der Waals surface area contributed by atoms with Crippen molar-refractivity contribution in [2.24, 2.45) is 35.2 Å². The van der Waals surface area contributed by atoms with Gasteiger partial charge in [-0.25, -0.2) is 45.7 Å². The average Bonchev–Trinajstić information content (AvgIpc) is 1.61. The zero-order chi connectivity index (χ0) is 89.1. The van der Waals surface area contributed by atoms with E-state index in [-0.39, 0.29) is 27.6 Å². The largest absolute Gasteiger partial charge is 0.290 e. The first-order valence-electron chi connectivity index (χ1n) is 44.3. The first-order chi connectivity index (χ1) is 57.2. The lowest BCUT2D eigenvalue weighted by Gasteiger charge is -2.22. The van der Waals surface area contributed by atoms with Crippen molar-refractivity contribution in [1.29, 1.82) is 0 Å². The van der Waals surface area contributed by atoms with Crippen molar-refractivity contribution in [1.82, 2.24) is 22.8 Å². The number of aryl methyl sites for hydroxylation is 12. The minimum atomic E-state index is -0.0224. The summed E-state index contributed by atoms with van der Waals surface area (Å²) in [6.45, 7) is 63.2. The number of fused-ring (bicyclic) bond motifs is 5. The number of benzene rings is 11. The minimum absolute atomic E-state index is 0.000371. The highest BCUT2D eigenvalue weighted by atomic mass is 15.2. The van der Waals surface area contributed by atoms with E-state index in [2.05, 4.69) is 511 Å². The van der Waals surface area contributed by atoms with Gasteiger partial charge in [0.2, 0.25) is 0 Å². The van der Waals surface area contributed by atoms with Crippen LogP contribution in [0.5, 0.6) is 0 Å². The first kappa shape index (κ1) is 90.0. The molecule has 0 aliphatic heterocycles. The number of hydrogen-bond donors (Lipinski definition) is 0. The van der Waals surface area contributed by atoms with Crippen LogP contribution in [-0.4, -0.2) is 22.8 Å². The molecule has 0 unspecified atom stereocenters. The monoisotopic (exact) mass is 1630 g/mol. The van der Waals surface area contributed by atoms with Crippen LogP contribution >= 0.6 is 0 Å². The summed E-state index contributed by atoms with van der Waals surface area (Å²) in [6.07, 6.45) is 0. The van der Waals surface area contributed by atoms with E-state index in [1.165, 1.54) is 179 Å². The number of hydrogen-bond acceptors (Lipinski definition) is 0. The Morgan fingerprint density at radius 2 is 0.574 bits per heavy atom. The van der Waals surface area contributed by atoms with Crippen LogP contribution in [0, 0.1) is 48.5 Å². The van der Waals surface area contributed by atoms with E-state index < -0.39 is 0 Å². The fourth-order valence-corrected chi connectivity index (χ4v) is 18.3. The third kappa shape index (κ3) is 17.9. The predicted molar refractivity (Wildman–Crippen MR) is 519 cm³/mol. The van der Waals surface area contributed by atoms with E-state index in [1.54, 1.807) is 0 Å². The maximum atomic E-state index is 2.48. The summed E-state index contributed by atoms with van der Waals surface area (Å²) in [5, 5.41) is 0. The number of nitrogens with zero attached hydrogens (tertiary/aromatic N) is 10. The molecule has 0 bridgehead atoms. The number of para-hydroxylation sites is 10. The summed E-state index contributed by atoms with van der Waals surface area (Å²) in [4.78, 5) is 0. The van der Waals surface area contributed by atoms with Crippen molar-refractivity contribution >= 4 is 55.2 Å². The molecule has 0 aliphatic carbocycles. The first-order valence-corrected chi connectivity index (χ1v) is 44.3. The summed E-state index contributed by atoms with van der Waals surface area (Å²) in [7, 11) is 10.9. The molecule has 0 radical (unpaired) electrons. The lowest BCUT2D eigenvalue weighted by Crippen LogP contribution is -2.33. The molecule has 16 aromatic rings.